The number of hydrogen-bond acceptors (Lipinski definition) is 3. The molecular formula is C14H26N2O2. The number of carbonyl (C=O) groups excluding carboxylic acids is 1. The molecule has 0 aromatic heterocycles. The highest BCUT2D eigenvalue weighted by Crippen LogP contribution is 2.57. The number of ether oxygens (including phenoxy) is 1. The van der Waals surface area contributed by atoms with Crippen molar-refractivity contribution in [1.29, 1.82) is 0 Å². The van der Waals surface area contributed by atoms with Crippen molar-refractivity contribution < 1.29 is 9.53 Å². The highest BCUT2D eigenvalue weighted by atomic mass is 16.6. The van der Waals surface area contributed by atoms with Crippen LogP contribution < -0.4 is 11.1 Å². The SMILES string of the molecule is CC(C)(C)OC(=O)NC1(C2(CN)CCCC2)CC1. The van der Waals surface area contributed by atoms with Gasteiger partial charge in [0.1, 0.15) is 5.60 Å². The lowest BCUT2D eigenvalue weighted by molar-refractivity contribution is 0.0423. The van der Waals surface area contributed by atoms with Gasteiger partial charge in [-0.1, -0.05) is 12.8 Å². The van der Waals surface area contributed by atoms with Gasteiger partial charge >= 0.3 is 6.09 Å². The van der Waals surface area contributed by atoms with Crippen molar-refractivity contribution in [1.82, 2.24) is 5.32 Å². The number of nitrogens with two attached hydrogens (primary N) is 1. The Labute approximate surface area is 110 Å². The van der Waals surface area contributed by atoms with Gasteiger partial charge in [-0.05, 0) is 46.5 Å². The van der Waals surface area contributed by atoms with Crippen LogP contribution in [-0.4, -0.2) is 23.8 Å². The fourth-order valence-corrected chi connectivity index (χ4v) is 3.34. The summed E-state index contributed by atoms with van der Waals surface area (Å²) < 4.78 is 5.37. The van der Waals surface area contributed by atoms with Crippen LogP contribution in [0.25, 0.3) is 0 Å². The molecule has 2 rings (SSSR count). The number of amides is 1. The van der Waals surface area contributed by atoms with Crippen LogP contribution in [0.4, 0.5) is 4.79 Å². The van der Waals surface area contributed by atoms with Gasteiger partial charge in [-0.15, -0.1) is 0 Å². The summed E-state index contributed by atoms with van der Waals surface area (Å²) in [5, 5.41) is 3.12. The molecule has 4 heteroatoms. The summed E-state index contributed by atoms with van der Waals surface area (Å²) in [6.45, 7) is 6.34. The van der Waals surface area contributed by atoms with Crippen molar-refractivity contribution in [2.24, 2.45) is 11.1 Å². The molecule has 104 valence electrons. The lowest BCUT2D eigenvalue weighted by atomic mass is 9.76. The van der Waals surface area contributed by atoms with Gasteiger partial charge in [-0.3, -0.25) is 0 Å². The minimum Gasteiger partial charge on any atom is -0.444 e. The van der Waals surface area contributed by atoms with Crippen LogP contribution in [0.1, 0.15) is 59.3 Å². The van der Waals surface area contributed by atoms with Crippen LogP contribution in [0.5, 0.6) is 0 Å². The lowest BCUT2D eigenvalue weighted by Gasteiger charge is -2.38. The Kier molecular flexibility index (Phi) is 3.34. The van der Waals surface area contributed by atoms with Gasteiger partial charge in [0.25, 0.3) is 0 Å². The molecular weight excluding hydrogens is 228 g/mol. The van der Waals surface area contributed by atoms with E-state index in [2.05, 4.69) is 5.32 Å². The first-order valence-electron chi connectivity index (χ1n) is 7.04. The number of rotatable bonds is 3. The van der Waals surface area contributed by atoms with E-state index in [1.807, 2.05) is 20.8 Å². The summed E-state index contributed by atoms with van der Waals surface area (Å²) in [6, 6.07) is 0. The zero-order chi connectivity index (χ0) is 13.4. The standard InChI is InChI=1S/C14H26N2O2/c1-12(2,3)18-11(17)16-14(8-9-14)13(10-15)6-4-5-7-13/h4-10,15H2,1-3H3,(H,16,17). The molecule has 0 aliphatic heterocycles. The van der Waals surface area contributed by atoms with Crippen molar-refractivity contribution in [2.75, 3.05) is 6.54 Å². The molecule has 18 heavy (non-hydrogen) atoms. The summed E-state index contributed by atoms with van der Waals surface area (Å²) in [4.78, 5) is 12.0. The third-order valence-corrected chi connectivity index (χ3v) is 4.46. The predicted molar refractivity (Wildman–Crippen MR) is 71.3 cm³/mol. The van der Waals surface area contributed by atoms with Gasteiger partial charge in [0.15, 0.2) is 0 Å². The molecule has 0 atom stereocenters. The Balaban J connectivity index is 2.02. The Morgan fingerprint density at radius 2 is 1.78 bits per heavy atom. The Morgan fingerprint density at radius 3 is 2.17 bits per heavy atom. The van der Waals surface area contributed by atoms with Crippen LogP contribution in [0.2, 0.25) is 0 Å². The van der Waals surface area contributed by atoms with Crippen molar-refractivity contribution >= 4 is 6.09 Å². The summed E-state index contributed by atoms with van der Waals surface area (Å²) >= 11 is 0. The first-order valence-corrected chi connectivity index (χ1v) is 7.04. The first kappa shape index (κ1) is 13.7. The molecule has 0 bridgehead atoms. The normalized spacial score (nSPS) is 24.7. The molecule has 2 aliphatic rings. The minimum atomic E-state index is -0.439. The summed E-state index contributed by atoms with van der Waals surface area (Å²) in [7, 11) is 0. The van der Waals surface area contributed by atoms with E-state index in [9.17, 15) is 4.79 Å². The predicted octanol–water partition coefficient (Wildman–Crippen LogP) is 2.56. The number of carbonyl (C=O) groups is 1. The maximum atomic E-state index is 12.0. The van der Waals surface area contributed by atoms with E-state index in [1.54, 1.807) is 0 Å². The van der Waals surface area contributed by atoms with Crippen LogP contribution in [0.15, 0.2) is 0 Å². The lowest BCUT2D eigenvalue weighted by Crippen LogP contribution is -2.53. The average molecular weight is 254 g/mol. The van der Waals surface area contributed by atoms with Crippen molar-refractivity contribution in [2.45, 2.75) is 70.4 Å². The third kappa shape index (κ3) is 2.48. The summed E-state index contributed by atoms with van der Waals surface area (Å²) in [5.41, 5.74) is 5.60. The fourth-order valence-electron chi connectivity index (χ4n) is 3.34. The topological polar surface area (TPSA) is 64.3 Å². The van der Waals surface area contributed by atoms with Crippen LogP contribution >= 0.6 is 0 Å². The molecule has 2 fully saturated rings. The molecule has 0 saturated heterocycles. The van der Waals surface area contributed by atoms with Crippen LogP contribution in [0, 0.1) is 5.41 Å². The van der Waals surface area contributed by atoms with Gasteiger partial charge in [0.05, 0.1) is 5.54 Å². The molecule has 2 aliphatic carbocycles. The van der Waals surface area contributed by atoms with Crippen LogP contribution in [0.3, 0.4) is 0 Å². The first-order chi connectivity index (χ1) is 8.33. The van der Waals surface area contributed by atoms with E-state index in [1.165, 1.54) is 12.8 Å². The Hall–Kier alpha value is -0.770. The number of nitrogens with one attached hydrogen (secondary N) is 1. The van der Waals surface area contributed by atoms with Crippen molar-refractivity contribution in [3.63, 3.8) is 0 Å². The molecule has 3 N–H and O–H groups in total. The van der Waals surface area contributed by atoms with E-state index >= 15 is 0 Å². The molecule has 1 amide bonds. The smallest absolute Gasteiger partial charge is 0.408 e. The highest BCUT2D eigenvalue weighted by molar-refractivity contribution is 5.69. The van der Waals surface area contributed by atoms with Crippen molar-refractivity contribution in [3.05, 3.63) is 0 Å². The Bertz CT molecular complexity index is 323. The molecule has 0 heterocycles. The quantitative estimate of drug-likeness (QED) is 0.813. The van der Waals surface area contributed by atoms with E-state index in [0.717, 1.165) is 25.7 Å². The molecule has 0 spiro atoms. The van der Waals surface area contributed by atoms with Crippen molar-refractivity contribution in [3.8, 4) is 0 Å². The number of hydrogen-bond donors (Lipinski definition) is 2. The third-order valence-electron chi connectivity index (χ3n) is 4.46. The van der Waals surface area contributed by atoms with Crippen LogP contribution in [-0.2, 0) is 4.74 Å². The maximum Gasteiger partial charge on any atom is 0.408 e. The second-order valence-corrected chi connectivity index (χ2v) is 6.90. The molecule has 0 aromatic carbocycles. The largest absolute Gasteiger partial charge is 0.444 e. The average Bonchev–Trinajstić information content (AvgIpc) is 2.86. The van der Waals surface area contributed by atoms with Gasteiger partial charge < -0.3 is 15.8 Å². The second-order valence-electron chi connectivity index (χ2n) is 6.90. The molecule has 0 aromatic rings. The molecule has 0 radical (unpaired) electrons. The van der Waals surface area contributed by atoms with E-state index in [0.29, 0.717) is 6.54 Å². The van der Waals surface area contributed by atoms with E-state index < -0.39 is 5.60 Å². The molecule has 0 unspecified atom stereocenters. The Morgan fingerprint density at radius 1 is 1.22 bits per heavy atom. The fraction of sp³-hybridized carbons (Fsp3) is 0.929. The second kappa shape index (κ2) is 4.41. The zero-order valence-electron chi connectivity index (χ0n) is 11.8. The van der Waals surface area contributed by atoms with E-state index in [-0.39, 0.29) is 17.0 Å². The minimum absolute atomic E-state index is 0.0828. The van der Waals surface area contributed by atoms with Gasteiger partial charge in [0, 0.05) is 12.0 Å². The monoisotopic (exact) mass is 254 g/mol. The molecule has 4 nitrogen and oxygen atoms in total. The van der Waals surface area contributed by atoms with Gasteiger partial charge in [-0.25, -0.2) is 4.79 Å². The zero-order valence-corrected chi connectivity index (χ0v) is 11.8. The van der Waals surface area contributed by atoms with Gasteiger partial charge in [0.2, 0.25) is 0 Å². The van der Waals surface area contributed by atoms with E-state index in [4.69, 9.17) is 10.5 Å². The summed E-state index contributed by atoms with van der Waals surface area (Å²) in [6.07, 6.45) is 6.54. The highest BCUT2D eigenvalue weighted by Gasteiger charge is 2.60. The maximum absolute atomic E-state index is 12.0. The molecule has 2 saturated carbocycles. The number of alkyl carbamates (subject to hydrolysis) is 1. The van der Waals surface area contributed by atoms with Gasteiger partial charge in [-0.2, -0.15) is 0 Å². The summed E-state index contributed by atoms with van der Waals surface area (Å²) in [5.74, 6) is 0.